The molecule has 0 aliphatic heterocycles. The predicted octanol–water partition coefficient (Wildman–Crippen LogP) is 2.67. The van der Waals surface area contributed by atoms with Gasteiger partial charge in [-0.25, -0.2) is 0 Å². The fourth-order valence-electron chi connectivity index (χ4n) is 1.65. The number of hydrogen-bond donors (Lipinski definition) is 0. The predicted molar refractivity (Wildman–Crippen MR) is 83.9 cm³/mol. The smallest absolute Gasteiger partial charge is 0.0701 e. The summed E-state index contributed by atoms with van der Waals surface area (Å²) >= 11 is 0. The van der Waals surface area contributed by atoms with Crippen molar-refractivity contribution < 1.29 is 23.7 Å². The van der Waals surface area contributed by atoms with Crippen LogP contribution in [0.25, 0.3) is 0 Å². The van der Waals surface area contributed by atoms with Gasteiger partial charge in [0, 0.05) is 13.2 Å². The van der Waals surface area contributed by atoms with Gasteiger partial charge in [0.25, 0.3) is 0 Å². The first-order valence-corrected chi connectivity index (χ1v) is 8.30. The van der Waals surface area contributed by atoms with E-state index in [9.17, 15) is 0 Å². The Morgan fingerprint density at radius 1 is 0.429 bits per heavy atom. The third-order valence-electron chi connectivity index (χ3n) is 2.83. The number of hydrogen-bond acceptors (Lipinski definition) is 5. The first-order valence-electron chi connectivity index (χ1n) is 8.30. The summed E-state index contributed by atoms with van der Waals surface area (Å²) in [5, 5.41) is 0. The molecule has 5 nitrogen and oxygen atoms in total. The zero-order chi connectivity index (χ0) is 15.4. The van der Waals surface area contributed by atoms with Gasteiger partial charge in [-0.05, 0) is 13.3 Å². The molecule has 0 bridgehead atoms. The van der Waals surface area contributed by atoms with Crippen molar-refractivity contribution in [2.24, 2.45) is 0 Å². The fraction of sp³-hybridized carbons (Fsp3) is 1.00. The van der Waals surface area contributed by atoms with Crippen LogP contribution in [0, 0.1) is 0 Å². The van der Waals surface area contributed by atoms with Crippen LogP contribution in [0.5, 0.6) is 0 Å². The largest absolute Gasteiger partial charge is 0.379 e. The molecule has 128 valence electrons. The summed E-state index contributed by atoms with van der Waals surface area (Å²) < 4.78 is 26.7. The molecule has 0 aromatic carbocycles. The molecule has 0 amide bonds. The molecule has 0 fully saturated rings. The van der Waals surface area contributed by atoms with Crippen molar-refractivity contribution in [3.63, 3.8) is 0 Å². The third-order valence-corrected chi connectivity index (χ3v) is 2.83. The Kier molecular flexibility index (Phi) is 19.6. The van der Waals surface area contributed by atoms with E-state index in [-0.39, 0.29) is 0 Å². The maximum absolute atomic E-state index is 5.47. The Bertz CT molecular complexity index is 160. The van der Waals surface area contributed by atoms with E-state index in [1.54, 1.807) is 0 Å². The Hall–Kier alpha value is -0.200. The van der Waals surface area contributed by atoms with E-state index < -0.39 is 0 Å². The van der Waals surface area contributed by atoms with E-state index >= 15 is 0 Å². The second kappa shape index (κ2) is 19.8. The monoisotopic (exact) mass is 306 g/mol. The summed E-state index contributed by atoms with van der Waals surface area (Å²) in [6, 6.07) is 0. The van der Waals surface area contributed by atoms with Gasteiger partial charge in [0.15, 0.2) is 0 Å². The molecule has 0 atom stereocenters. The highest BCUT2D eigenvalue weighted by Crippen LogP contribution is 1.98. The molecule has 0 aromatic rings. The second-order valence-electron chi connectivity index (χ2n) is 4.71. The van der Waals surface area contributed by atoms with E-state index in [1.165, 1.54) is 19.3 Å². The lowest BCUT2D eigenvalue weighted by Crippen LogP contribution is -2.13. The van der Waals surface area contributed by atoms with Gasteiger partial charge in [0.1, 0.15) is 0 Å². The SMILES string of the molecule is CCCCCCOCCOCCOCCOCCOCC. The molecule has 0 aliphatic rings. The summed E-state index contributed by atoms with van der Waals surface area (Å²) in [7, 11) is 0. The summed E-state index contributed by atoms with van der Waals surface area (Å²) in [4.78, 5) is 0. The van der Waals surface area contributed by atoms with Gasteiger partial charge in [0.05, 0.1) is 52.9 Å². The summed E-state index contributed by atoms with van der Waals surface area (Å²) in [6.07, 6.45) is 4.98. The lowest BCUT2D eigenvalue weighted by molar-refractivity contribution is -0.0104. The van der Waals surface area contributed by atoms with E-state index in [0.717, 1.165) is 19.6 Å². The van der Waals surface area contributed by atoms with Crippen LogP contribution in [-0.2, 0) is 23.7 Å². The minimum absolute atomic E-state index is 0.601. The van der Waals surface area contributed by atoms with E-state index in [2.05, 4.69) is 6.92 Å². The highest BCUT2D eigenvalue weighted by atomic mass is 16.6. The Balaban J connectivity index is 2.90. The van der Waals surface area contributed by atoms with Gasteiger partial charge in [0.2, 0.25) is 0 Å². The van der Waals surface area contributed by atoms with Gasteiger partial charge in [-0.3, -0.25) is 0 Å². The number of unbranched alkanes of at least 4 members (excludes halogenated alkanes) is 3. The minimum atomic E-state index is 0.601. The zero-order valence-electron chi connectivity index (χ0n) is 13.9. The third kappa shape index (κ3) is 19.8. The minimum Gasteiger partial charge on any atom is -0.379 e. The number of ether oxygens (including phenoxy) is 5. The van der Waals surface area contributed by atoms with Crippen LogP contribution in [0.4, 0.5) is 0 Å². The molecule has 0 spiro atoms. The van der Waals surface area contributed by atoms with Crippen molar-refractivity contribution in [3.8, 4) is 0 Å². The topological polar surface area (TPSA) is 46.2 Å². The second-order valence-corrected chi connectivity index (χ2v) is 4.71. The molecular formula is C16H34O5. The van der Waals surface area contributed by atoms with Crippen LogP contribution in [0.2, 0.25) is 0 Å². The Labute approximate surface area is 130 Å². The van der Waals surface area contributed by atoms with E-state index in [0.29, 0.717) is 52.9 Å². The summed E-state index contributed by atoms with van der Waals surface area (Å²) in [6.45, 7) is 10.8. The lowest BCUT2D eigenvalue weighted by atomic mass is 10.2. The van der Waals surface area contributed by atoms with Crippen molar-refractivity contribution in [2.75, 3.05) is 66.1 Å². The molecule has 0 radical (unpaired) electrons. The van der Waals surface area contributed by atoms with Crippen LogP contribution >= 0.6 is 0 Å². The van der Waals surface area contributed by atoms with Gasteiger partial charge >= 0.3 is 0 Å². The van der Waals surface area contributed by atoms with Crippen LogP contribution < -0.4 is 0 Å². The summed E-state index contributed by atoms with van der Waals surface area (Å²) in [5.41, 5.74) is 0. The normalized spacial score (nSPS) is 11.1. The van der Waals surface area contributed by atoms with E-state index in [4.69, 9.17) is 23.7 Å². The first kappa shape index (κ1) is 20.8. The quantitative estimate of drug-likeness (QED) is 0.364. The highest BCUT2D eigenvalue weighted by molar-refractivity contribution is 4.40. The van der Waals surface area contributed by atoms with Crippen LogP contribution in [0.3, 0.4) is 0 Å². The lowest BCUT2D eigenvalue weighted by Gasteiger charge is -2.07. The molecule has 0 heterocycles. The van der Waals surface area contributed by atoms with Gasteiger partial charge in [-0.1, -0.05) is 26.2 Å². The fourth-order valence-corrected chi connectivity index (χ4v) is 1.65. The van der Waals surface area contributed by atoms with Crippen LogP contribution in [0.1, 0.15) is 39.5 Å². The van der Waals surface area contributed by atoms with Crippen molar-refractivity contribution in [3.05, 3.63) is 0 Å². The van der Waals surface area contributed by atoms with Crippen molar-refractivity contribution in [2.45, 2.75) is 39.5 Å². The standard InChI is InChI=1S/C16H34O5/c1-3-5-6-7-8-18-11-12-20-15-16-21-14-13-19-10-9-17-4-2/h3-16H2,1-2H3. The summed E-state index contributed by atoms with van der Waals surface area (Å²) in [5.74, 6) is 0. The van der Waals surface area contributed by atoms with Gasteiger partial charge in [-0.15, -0.1) is 0 Å². The Morgan fingerprint density at radius 2 is 0.857 bits per heavy atom. The van der Waals surface area contributed by atoms with Crippen molar-refractivity contribution in [1.29, 1.82) is 0 Å². The molecule has 0 unspecified atom stereocenters. The molecule has 0 aliphatic carbocycles. The first-order chi connectivity index (χ1) is 10.4. The van der Waals surface area contributed by atoms with Crippen molar-refractivity contribution >= 4 is 0 Å². The van der Waals surface area contributed by atoms with E-state index in [1.807, 2.05) is 6.92 Å². The molecule has 0 saturated heterocycles. The molecule has 5 heteroatoms. The molecule has 0 N–H and O–H groups in total. The molecule has 0 saturated carbocycles. The number of rotatable bonds is 18. The maximum atomic E-state index is 5.47. The van der Waals surface area contributed by atoms with Crippen molar-refractivity contribution in [1.82, 2.24) is 0 Å². The Morgan fingerprint density at radius 3 is 1.29 bits per heavy atom. The highest BCUT2D eigenvalue weighted by Gasteiger charge is 1.93. The zero-order valence-corrected chi connectivity index (χ0v) is 13.9. The molecular weight excluding hydrogens is 272 g/mol. The average Bonchev–Trinajstić information content (AvgIpc) is 2.50. The average molecular weight is 306 g/mol. The van der Waals surface area contributed by atoms with Crippen LogP contribution in [0.15, 0.2) is 0 Å². The molecule has 0 aromatic heterocycles. The maximum Gasteiger partial charge on any atom is 0.0701 e. The van der Waals surface area contributed by atoms with Gasteiger partial charge in [-0.2, -0.15) is 0 Å². The molecule has 0 rings (SSSR count). The van der Waals surface area contributed by atoms with Gasteiger partial charge < -0.3 is 23.7 Å². The van der Waals surface area contributed by atoms with Crippen LogP contribution in [-0.4, -0.2) is 66.1 Å². The molecule has 21 heavy (non-hydrogen) atoms.